The summed E-state index contributed by atoms with van der Waals surface area (Å²) < 4.78 is 0. The van der Waals surface area contributed by atoms with Gasteiger partial charge in [-0.1, -0.05) is 25.7 Å². The molecule has 0 bridgehead atoms. The molecule has 5 nitrogen and oxygen atoms in total. The van der Waals surface area contributed by atoms with Gasteiger partial charge in [0.1, 0.15) is 0 Å². The second-order valence-electron chi connectivity index (χ2n) is 8.77. The Labute approximate surface area is 172 Å². The summed E-state index contributed by atoms with van der Waals surface area (Å²) in [5.41, 5.74) is 5.43. The van der Waals surface area contributed by atoms with E-state index in [0.717, 1.165) is 31.1 Å². The molecular formula is C20H33Cl2N3O2. The van der Waals surface area contributed by atoms with Crippen molar-refractivity contribution in [1.82, 2.24) is 16.2 Å². The molecule has 3 aliphatic carbocycles. The Bertz CT molecular complexity index is 533. The lowest BCUT2D eigenvalue weighted by molar-refractivity contribution is -0.140. The number of hydrogen-bond acceptors (Lipinski definition) is 3. The van der Waals surface area contributed by atoms with Crippen molar-refractivity contribution < 1.29 is 9.59 Å². The summed E-state index contributed by atoms with van der Waals surface area (Å²) in [5, 5.41) is 2.85. The first-order chi connectivity index (χ1) is 12.9. The highest BCUT2D eigenvalue weighted by Gasteiger charge is 2.35. The number of halogens is 2. The van der Waals surface area contributed by atoms with Gasteiger partial charge >= 0.3 is 11.8 Å². The van der Waals surface area contributed by atoms with Crippen LogP contribution >= 0.6 is 23.2 Å². The number of carbonyl (C=O) groups is 2. The number of hydrogen-bond donors (Lipinski definition) is 3. The fourth-order valence-corrected chi connectivity index (χ4v) is 6.01. The minimum absolute atomic E-state index is 0.0265. The molecule has 7 atom stereocenters. The predicted molar refractivity (Wildman–Crippen MR) is 109 cm³/mol. The maximum atomic E-state index is 12.3. The molecule has 0 saturated heterocycles. The largest absolute Gasteiger partial charge is 0.345 e. The van der Waals surface area contributed by atoms with Gasteiger partial charge in [-0.2, -0.15) is 0 Å². The number of fused-ring (bicyclic) bond motifs is 1. The lowest BCUT2D eigenvalue weighted by Gasteiger charge is -2.41. The average Bonchev–Trinajstić information content (AvgIpc) is 2.66. The third kappa shape index (κ3) is 5.74. The summed E-state index contributed by atoms with van der Waals surface area (Å²) >= 11 is 12.4. The van der Waals surface area contributed by atoms with Gasteiger partial charge in [-0.3, -0.25) is 15.0 Å². The Morgan fingerprint density at radius 2 is 1.63 bits per heavy atom. The monoisotopic (exact) mass is 417 g/mol. The van der Waals surface area contributed by atoms with Gasteiger partial charge in [0.25, 0.3) is 0 Å². The minimum atomic E-state index is -0.648. The van der Waals surface area contributed by atoms with E-state index in [4.69, 9.17) is 23.2 Å². The Kier molecular flexibility index (Phi) is 7.69. The van der Waals surface area contributed by atoms with Crippen LogP contribution < -0.4 is 16.2 Å². The summed E-state index contributed by atoms with van der Waals surface area (Å²) in [6, 6.07) is -0.0315. The molecule has 3 aliphatic rings. The second kappa shape index (κ2) is 9.80. The zero-order valence-corrected chi connectivity index (χ0v) is 17.7. The summed E-state index contributed by atoms with van der Waals surface area (Å²) in [4.78, 5) is 24.4. The lowest BCUT2D eigenvalue weighted by atomic mass is 9.66. The first-order valence-corrected chi connectivity index (χ1v) is 11.5. The molecule has 0 aliphatic heterocycles. The highest BCUT2D eigenvalue weighted by molar-refractivity contribution is 6.35. The van der Waals surface area contributed by atoms with Crippen LogP contribution in [0.25, 0.3) is 0 Å². The SMILES string of the molecule is C[C@@H](NC(=O)C(=O)NNC1CCC(Cl)CC1Cl)C1CCC2CCCCC2C1. The van der Waals surface area contributed by atoms with Crippen molar-refractivity contribution in [2.24, 2.45) is 17.8 Å². The van der Waals surface area contributed by atoms with Crippen molar-refractivity contribution in [1.29, 1.82) is 0 Å². The molecule has 3 fully saturated rings. The Hall–Kier alpha value is -0.520. The number of hydrazine groups is 1. The quantitative estimate of drug-likeness (QED) is 0.372. The maximum absolute atomic E-state index is 12.3. The molecule has 3 saturated carbocycles. The average molecular weight is 418 g/mol. The normalized spacial score (nSPS) is 37.7. The Morgan fingerprint density at radius 3 is 2.37 bits per heavy atom. The maximum Gasteiger partial charge on any atom is 0.323 e. The van der Waals surface area contributed by atoms with E-state index in [9.17, 15) is 9.59 Å². The van der Waals surface area contributed by atoms with E-state index >= 15 is 0 Å². The van der Waals surface area contributed by atoms with Gasteiger partial charge < -0.3 is 5.32 Å². The number of carbonyl (C=O) groups excluding carboxylic acids is 2. The highest BCUT2D eigenvalue weighted by Crippen LogP contribution is 2.43. The number of alkyl halides is 2. The molecule has 0 heterocycles. The van der Waals surface area contributed by atoms with E-state index < -0.39 is 11.8 Å². The van der Waals surface area contributed by atoms with Gasteiger partial charge in [0.05, 0.1) is 5.38 Å². The van der Waals surface area contributed by atoms with E-state index in [1.165, 1.54) is 38.5 Å². The molecule has 0 radical (unpaired) electrons. The van der Waals surface area contributed by atoms with Crippen molar-refractivity contribution in [3.05, 3.63) is 0 Å². The fourth-order valence-electron chi connectivity index (χ4n) is 5.20. The summed E-state index contributed by atoms with van der Waals surface area (Å²) in [6.07, 6.45) is 11.4. The second-order valence-corrected chi connectivity index (χ2v) is 9.95. The summed E-state index contributed by atoms with van der Waals surface area (Å²) in [7, 11) is 0. The number of amides is 2. The molecule has 3 N–H and O–H groups in total. The third-order valence-corrected chi connectivity index (χ3v) is 7.81. The van der Waals surface area contributed by atoms with Gasteiger partial charge in [0.2, 0.25) is 0 Å². The Balaban J connectivity index is 1.40. The zero-order chi connectivity index (χ0) is 19.4. The highest BCUT2D eigenvalue weighted by atomic mass is 35.5. The van der Waals surface area contributed by atoms with Gasteiger partial charge in [0, 0.05) is 17.5 Å². The minimum Gasteiger partial charge on any atom is -0.345 e. The van der Waals surface area contributed by atoms with Gasteiger partial charge in [-0.15, -0.1) is 23.2 Å². The van der Waals surface area contributed by atoms with Gasteiger partial charge in [-0.25, -0.2) is 5.43 Å². The van der Waals surface area contributed by atoms with Crippen LogP contribution in [0.3, 0.4) is 0 Å². The molecular weight excluding hydrogens is 385 g/mol. The smallest absolute Gasteiger partial charge is 0.323 e. The van der Waals surface area contributed by atoms with Crippen molar-refractivity contribution in [3.8, 4) is 0 Å². The van der Waals surface area contributed by atoms with E-state index in [1.54, 1.807) is 0 Å². The first-order valence-electron chi connectivity index (χ1n) is 10.6. The molecule has 154 valence electrons. The zero-order valence-electron chi connectivity index (χ0n) is 16.2. The van der Waals surface area contributed by atoms with E-state index in [-0.39, 0.29) is 22.8 Å². The van der Waals surface area contributed by atoms with Crippen molar-refractivity contribution in [2.45, 2.75) is 94.0 Å². The molecule has 0 aromatic heterocycles. The third-order valence-electron chi connectivity index (χ3n) is 6.93. The van der Waals surface area contributed by atoms with Gasteiger partial charge in [-0.05, 0) is 63.2 Å². The molecule has 6 unspecified atom stereocenters. The van der Waals surface area contributed by atoms with Crippen molar-refractivity contribution >= 4 is 35.0 Å². The van der Waals surface area contributed by atoms with Crippen LogP contribution in [0.15, 0.2) is 0 Å². The van der Waals surface area contributed by atoms with Crippen LogP contribution in [0.5, 0.6) is 0 Å². The van der Waals surface area contributed by atoms with E-state index in [0.29, 0.717) is 12.3 Å². The molecule has 3 rings (SSSR count). The van der Waals surface area contributed by atoms with Crippen molar-refractivity contribution in [3.63, 3.8) is 0 Å². The van der Waals surface area contributed by atoms with Crippen LogP contribution in [-0.4, -0.2) is 34.7 Å². The number of nitrogens with one attached hydrogen (secondary N) is 3. The lowest BCUT2D eigenvalue weighted by Crippen LogP contribution is -2.55. The van der Waals surface area contributed by atoms with Crippen LogP contribution in [-0.2, 0) is 9.59 Å². The standard InChI is InChI=1S/C20H33Cl2N3O2/c1-12(14-7-6-13-4-2-3-5-15(13)10-14)23-19(26)20(27)25-24-18-9-8-16(21)11-17(18)22/h12-18,24H,2-11H2,1H3,(H,23,26)(H,25,27)/t12-,13?,14?,15?,16?,17?,18?/m1/s1. The van der Waals surface area contributed by atoms with Crippen LogP contribution in [0.4, 0.5) is 0 Å². The van der Waals surface area contributed by atoms with E-state index in [1.807, 2.05) is 6.92 Å². The van der Waals surface area contributed by atoms with E-state index in [2.05, 4.69) is 16.2 Å². The van der Waals surface area contributed by atoms with Crippen LogP contribution in [0.1, 0.15) is 71.1 Å². The molecule has 0 aromatic carbocycles. The van der Waals surface area contributed by atoms with Gasteiger partial charge in [0.15, 0.2) is 0 Å². The Morgan fingerprint density at radius 1 is 0.889 bits per heavy atom. The van der Waals surface area contributed by atoms with Crippen LogP contribution in [0.2, 0.25) is 0 Å². The number of rotatable bonds is 4. The molecule has 27 heavy (non-hydrogen) atoms. The molecule has 7 heteroatoms. The topological polar surface area (TPSA) is 70.2 Å². The molecule has 0 aromatic rings. The summed E-state index contributed by atoms with van der Waals surface area (Å²) in [6.45, 7) is 2.03. The summed E-state index contributed by atoms with van der Waals surface area (Å²) in [5.74, 6) is 0.949. The molecule has 2 amide bonds. The molecule has 0 spiro atoms. The first kappa shape index (κ1) is 21.2. The van der Waals surface area contributed by atoms with Crippen LogP contribution in [0, 0.1) is 17.8 Å². The van der Waals surface area contributed by atoms with Crippen molar-refractivity contribution in [2.75, 3.05) is 0 Å². The fraction of sp³-hybridized carbons (Fsp3) is 0.900. The predicted octanol–water partition coefficient (Wildman–Crippen LogP) is 3.49.